The summed E-state index contributed by atoms with van der Waals surface area (Å²) in [5.41, 5.74) is 3.05. The van der Waals surface area contributed by atoms with Crippen molar-refractivity contribution in [2.45, 2.75) is 41.0 Å². The van der Waals surface area contributed by atoms with Crippen LogP contribution in [0.25, 0.3) is 0 Å². The number of nitrogens with zero attached hydrogens (tertiary/aromatic N) is 1. The highest BCUT2D eigenvalue weighted by atomic mass is 32.2. The highest BCUT2D eigenvalue weighted by molar-refractivity contribution is 7.85. The van der Waals surface area contributed by atoms with Crippen LogP contribution >= 0.6 is 0 Å². The third-order valence-electron chi connectivity index (χ3n) is 4.38. The molecular weight excluding hydrogens is 374 g/mol. The lowest BCUT2D eigenvalue weighted by Crippen LogP contribution is -2.27. The second kappa shape index (κ2) is 8.62. The summed E-state index contributed by atoms with van der Waals surface area (Å²) in [6.07, 6.45) is 0.0853. The number of hydrogen-bond donors (Lipinski definition) is 1. The van der Waals surface area contributed by atoms with Crippen LogP contribution in [-0.4, -0.2) is 50.0 Å². The van der Waals surface area contributed by atoms with E-state index in [0.717, 1.165) is 0 Å². The van der Waals surface area contributed by atoms with Gasteiger partial charge in [0.1, 0.15) is 18.1 Å². The lowest BCUT2D eigenvalue weighted by molar-refractivity contribution is -0.117. The number of rotatable bonds is 7. The first-order chi connectivity index (χ1) is 12.3. The van der Waals surface area contributed by atoms with E-state index in [1.54, 1.807) is 27.8 Å². The first-order valence-corrected chi connectivity index (χ1v) is 9.87. The molecule has 0 spiro atoms. The van der Waals surface area contributed by atoms with Crippen molar-refractivity contribution >= 4 is 33.5 Å². The summed E-state index contributed by atoms with van der Waals surface area (Å²) in [5, 5.41) is 0. The molecule has 0 aliphatic rings. The van der Waals surface area contributed by atoms with Crippen molar-refractivity contribution in [1.82, 2.24) is 0 Å². The fraction of sp³-hybridized carbons (Fsp3) is 0.500. The summed E-state index contributed by atoms with van der Waals surface area (Å²) in [4.78, 5) is 37.5. The number of hydrogen-bond acceptors (Lipinski definition) is 6. The van der Waals surface area contributed by atoms with E-state index in [1.807, 2.05) is 0 Å². The third kappa shape index (κ3) is 5.61. The number of esters is 1. The molecule has 150 valence electrons. The molecule has 1 aromatic rings. The maximum absolute atomic E-state index is 12.6. The summed E-state index contributed by atoms with van der Waals surface area (Å²) in [6, 6.07) is 0. The molecule has 0 aliphatic carbocycles. The van der Waals surface area contributed by atoms with E-state index < -0.39 is 28.4 Å². The topological polar surface area (TPSA) is 118 Å². The molecule has 0 aliphatic heterocycles. The van der Waals surface area contributed by atoms with Gasteiger partial charge in [0.05, 0.1) is 11.3 Å². The first kappa shape index (κ1) is 22.8. The molecule has 1 rings (SSSR count). The smallest absolute Gasteiger partial charge is 0.338 e. The lowest BCUT2D eigenvalue weighted by atomic mass is 9.88. The van der Waals surface area contributed by atoms with Gasteiger partial charge in [0.15, 0.2) is 0 Å². The van der Waals surface area contributed by atoms with Crippen LogP contribution in [0.3, 0.4) is 0 Å². The molecule has 0 radical (unpaired) electrons. The fourth-order valence-corrected chi connectivity index (χ4v) is 3.34. The molecule has 27 heavy (non-hydrogen) atoms. The van der Waals surface area contributed by atoms with Crippen LogP contribution in [0.2, 0.25) is 0 Å². The van der Waals surface area contributed by atoms with Crippen LogP contribution in [0.4, 0.5) is 5.69 Å². The Kier molecular flexibility index (Phi) is 7.27. The summed E-state index contributed by atoms with van der Waals surface area (Å²) in [7, 11) is -2.69. The summed E-state index contributed by atoms with van der Waals surface area (Å²) in [6.45, 7) is 7.41. The molecule has 0 atom stereocenters. The van der Waals surface area contributed by atoms with Crippen LogP contribution in [0.5, 0.6) is 0 Å². The normalized spacial score (nSPS) is 11.2. The van der Waals surface area contributed by atoms with Crippen LogP contribution < -0.4 is 4.90 Å². The molecule has 0 heterocycles. The minimum atomic E-state index is -4.26. The Labute approximate surface area is 159 Å². The predicted octanol–water partition coefficient (Wildman–Crippen LogP) is 1.77. The van der Waals surface area contributed by atoms with Crippen molar-refractivity contribution in [1.29, 1.82) is 0 Å². The van der Waals surface area contributed by atoms with Crippen LogP contribution in [0.1, 0.15) is 46.5 Å². The van der Waals surface area contributed by atoms with Gasteiger partial charge in [-0.1, -0.05) is 0 Å². The van der Waals surface area contributed by atoms with E-state index in [-0.39, 0.29) is 23.7 Å². The van der Waals surface area contributed by atoms with Crippen molar-refractivity contribution in [3.05, 3.63) is 27.8 Å². The van der Waals surface area contributed by atoms with Crippen LogP contribution in [0.15, 0.2) is 0 Å². The number of carbonyl (C=O) groups excluding carboxylic acids is 3. The number of anilines is 1. The monoisotopic (exact) mass is 399 g/mol. The van der Waals surface area contributed by atoms with Crippen molar-refractivity contribution < 1.29 is 32.1 Å². The van der Waals surface area contributed by atoms with Gasteiger partial charge in [-0.25, -0.2) is 4.79 Å². The average molecular weight is 399 g/mol. The first-order valence-electron chi connectivity index (χ1n) is 8.26. The zero-order chi connectivity index (χ0) is 21.1. The fourth-order valence-electron chi connectivity index (χ4n) is 3.05. The Hall–Kier alpha value is -2.26. The quantitative estimate of drug-likeness (QED) is 0.548. The number of ether oxygens (including phenoxy) is 1. The van der Waals surface area contributed by atoms with Gasteiger partial charge >= 0.3 is 5.97 Å². The summed E-state index contributed by atoms with van der Waals surface area (Å²) in [5.74, 6) is -1.85. The lowest BCUT2D eigenvalue weighted by Gasteiger charge is -2.26. The molecule has 0 fully saturated rings. The Bertz CT molecular complexity index is 888. The number of carbonyl (C=O) groups is 3. The van der Waals surface area contributed by atoms with Crippen LogP contribution in [0, 0.1) is 20.8 Å². The average Bonchev–Trinajstić information content (AvgIpc) is 2.49. The van der Waals surface area contributed by atoms with Crippen molar-refractivity contribution in [2.24, 2.45) is 0 Å². The number of Topliss-reactive ketones (excluding diaryl/α,β-unsaturated/α-hetero) is 1. The van der Waals surface area contributed by atoms with E-state index in [0.29, 0.717) is 27.9 Å². The highest BCUT2D eigenvalue weighted by Gasteiger charge is 2.26. The van der Waals surface area contributed by atoms with Gasteiger partial charge in [-0.3, -0.25) is 14.1 Å². The molecular formula is C18H25NO7S. The molecule has 1 aromatic carbocycles. The Balaban J connectivity index is 3.53. The van der Waals surface area contributed by atoms with Crippen molar-refractivity contribution in [3.63, 3.8) is 0 Å². The van der Waals surface area contributed by atoms with Gasteiger partial charge in [0.25, 0.3) is 10.1 Å². The van der Waals surface area contributed by atoms with Gasteiger partial charge in [0.2, 0.25) is 5.91 Å². The third-order valence-corrected chi connectivity index (χ3v) is 5.06. The summed E-state index contributed by atoms with van der Waals surface area (Å²) >= 11 is 0. The number of amides is 1. The van der Waals surface area contributed by atoms with Gasteiger partial charge in [-0.2, -0.15) is 8.42 Å². The SMILES string of the molecule is CC(=O)Cc1c(C)c(C(=O)OCCS(=O)(=O)O)c(C)c(N(C)C(C)=O)c1C. The van der Waals surface area contributed by atoms with E-state index >= 15 is 0 Å². The molecule has 0 saturated carbocycles. The van der Waals surface area contributed by atoms with E-state index in [9.17, 15) is 22.8 Å². The van der Waals surface area contributed by atoms with Gasteiger partial charge in [0, 0.05) is 20.4 Å². The van der Waals surface area contributed by atoms with Crippen molar-refractivity contribution in [3.8, 4) is 0 Å². The number of benzene rings is 1. The van der Waals surface area contributed by atoms with E-state index in [1.165, 1.54) is 18.7 Å². The van der Waals surface area contributed by atoms with E-state index in [2.05, 4.69) is 0 Å². The van der Waals surface area contributed by atoms with E-state index in [4.69, 9.17) is 9.29 Å². The molecule has 1 N–H and O–H groups in total. The Morgan fingerprint density at radius 2 is 1.59 bits per heavy atom. The standard InChI is InChI=1S/C18H25NO7S/c1-10(20)9-15-11(2)16(18(22)26-7-8-27(23,24)25)13(4)17(12(15)3)19(6)14(5)21/h7-9H2,1-6H3,(H,23,24,25). The molecule has 1 amide bonds. The number of ketones is 1. The Morgan fingerprint density at radius 1 is 1.04 bits per heavy atom. The largest absolute Gasteiger partial charge is 0.461 e. The predicted molar refractivity (Wildman–Crippen MR) is 101 cm³/mol. The Morgan fingerprint density at radius 3 is 2.04 bits per heavy atom. The molecule has 0 saturated heterocycles. The molecule has 9 heteroatoms. The van der Waals surface area contributed by atoms with Gasteiger partial charge in [-0.05, 0) is 49.9 Å². The summed E-state index contributed by atoms with van der Waals surface area (Å²) < 4.78 is 35.4. The maximum atomic E-state index is 12.6. The maximum Gasteiger partial charge on any atom is 0.338 e. The van der Waals surface area contributed by atoms with Crippen molar-refractivity contribution in [2.75, 3.05) is 24.3 Å². The zero-order valence-corrected chi connectivity index (χ0v) is 17.2. The molecule has 0 bridgehead atoms. The highest BCUT2D eigenvalue weighted by Crippen LogP contribution is 2.34. The second-order valence-electron chi connectivity index (χ2n) is 6.46. The van der Waals surface area contributed by atoms with Gasteiger partial charge in [-0.15, -0.1) is 0 Å². The molecule has 8 nitrogen and oxygen atoms in total. The van der Waals surface area contributed by atoms with Gasteiger partial charge < -0.3 is 9.64 Å². The zero-order valence-electron chi connectivity index (χ0n) is 16.4. The molecule has 0 unspecified atom stereocenters. The minimum absolute atomic E-state index is 0.0853. The molecule has 0 aromatic heterocycles. The van der Waals surface area contributed by atoms with Crippen LogP contribution in [-0.2, 0) is 30.9 Å². The minimum Gasteiger partial charge on any atom is -0.461 e. The second-order valence-corrected chi connectivity index (χ2v) is 8.03.